The highest BCUT2D eigenvalue weighted by atomic mass is 127. The molecular weight excluding hydrogens is 383 g/mol. The van der Waals surface area contributed by atoms with E-state index in [9.17, 15) is 4.79 Å². The summed E-state index contributed by atoms with van der Waals surface area (Å²) in [6.07, 6.45) is 3.58. The van der Waals surface area contributed by atoms with Crippen molar-refractivity contribution in [2.24, 2.45) is 0 Å². The molecule has 1 unspecified atom stereocenters. The highest BCUT2D eigenvalue weighted by Crippen LogP contribution is 2.37. The summed E-state index contributed by atoms with van der Waals surface area (Å²) in [6.45, 7) is 0. The number of H-pyrrole nitrogens is 1. The molecule has 1 fully saturated rings. The van der Waals surface area contributed by atoms with Crippen LogP contribution in [0, 0.1) is 3.57 Å². The molecule has 20 heavy (non-hydrogen) atoms. The minimum atomic E-state index is -0.0272. The van der Waals surface area contributed by atoms with E-state index in [0.717, 1.165) is 29.3 Å². The summed E-state index contributed by atoms with van der Waals surface area (Å²) in [5.74, 6) is 1.99. The second kappa shape index (κ2) is 6.30. The predicted octanol–water partition coefficient (Wildman–Crippen LogP) is 4.00. The van der Waals surface area contributed by atoms with Gasteiger partial charge in [-0.3, -0.25) is 4.79 Å². The third-order valence-electron chi connectivity index (χ3n) is 3.41. The molecule has 104 valence electrons. The van der Waals surface area contributed by atoms with Crippen LogP contribution in [0.4, 0.5) is 0 Å². The van der Waals surface area contributed by atoms with Crippen LogP contribution in [-0.2, 0) is 0 Å². The highest BCUT2D eigenvalue weighted by Gasteiger charge is 2.20. The van der Waals surface area contributed by atoms with E-state index in [1.165, 1.54) is 12.8 Å². The number of nitrogens with one attached hydrogen (secondary N) is 1. The van der Waals surface area contributed by atoms with Crippen LogP contribution in [-0.4, -0.2) is 15.7 Å². The summed E-state index contributed by atoms with van der Waals surface area (Å²) >= 11 is 3.98. The number of halogens is 1. The lowest BCUT2D eigenvalue weighted by Crippen LogP contribution is -2.19. The molecule has 2 heterocycles. The lowest BCUT2D eigenvalue weighted by atomic mass is 10.1. The molecule has 1 N–H and O–H groups in total. The summed E-state index contributed by atoms with van der Waals surface area (Å²) in [5, 5.41) is 0.330. The van der Waals surface area contributed by atoms with Gasteiger partial charge < -0.3 is 4.98 Å². The van der Waals surface area contributed by atoms with Gasteiger partial charge in [0.2, 0.25) is 0 Å². The Hall–Kier alpha value is -0.820. The average Bonchev–Trinajstić information content (AvgIpc) is 2.51. The van der Waals surface area contributed by atoms with Crippen LogP contribution in [0.2, 0.25) is 0 Å². The van der Waals surface area contributed by atoms with Crippen LogP contribution < -0.4 is 5.56 Å². The van der Waals surface area contributed by atoms with Crippen molar-refractivity contribution in [3.8, 4) is 11.3 Å². The lowest BCUT2D eigenvalue weighted by Gasteiger charge is -2.20. The molecule has 0 saturated carbocycles. The van der Waals surface area contributed by atoms with Gasteiger partial charge in [-0.2, -0.15) is 11.8 Å². The molecule has 0 bridgehead atoms. The molecular formula is C15H15IN2OS. The minimum absolute atomic E-state index is 0.0272. The third-order valence-corrected chi connectivity index (χ3v) is 5.80. The van der Waals surface area contributed by atoms with Gasteiger partial charge in [0, 0.05) is 5.56 Å². The van der Waals surface area contributed by atoms with Crippen molar-refractivity contribution in [3.05, 3.63) is 50.1 Å². The molecule has 1 aromatic carbocycles. The maximum absolute atomic E-state index is 12.2. The van der Waals surface area contributed by atoms with E-state index in [0.29, 0.717) is 8.82 Å². The molecule has 1 aromatic heterocycles. The van der Waals surface area contributed by atoms with Gasteiger partial charge in [-0.1, -0.05) is 36.8 Å². The molecule has 1 saturated heterocycles. The first kappa shape index (κ1) is 14.1. The number of aromatic amines is 1. The van der Waals surface area contributed by atoms with Gasteiger partial charge in [0.05, 0.1) is 10.9 Å². The quantitative estimate of drug-likeness (QED) is 0.778. The number of hydrogen-bond donors (Lipinski definition) is 1. The molecule has 1 aliphatic heterocycles. The zero-order valence-electron chi connectivity index (χ0n) is 10.9. The Balaban J connectivity index is 2.06. The Labute approximate surface area is 135 Å². The Morgan fingerprint density at radius 3 is 2.75 bits per heavy atom. The van der Waals surface area contributed by atoms with Gasteiger partial charge in [0.1, 0.15) is 9.39 Å². The molecule has 0 spiro atoms. The lowest BCUT2D eigenvalue weighted by molar-refractivity contribution is 0.660. The number of nitrogens with zero attached hydrogens (tertiary/aromatic N) is 1. The van der Waals surface area contributed by atoms with Crippen molar-refractivity contribution in [1.29, 1.82) is 0 Å². The first-order chi connectivity index (χ1) is 9.75. The minimum Gasteiger partial charge on any atom is -0.309 e. The maximum Gasteiger partial charge on any atom is 0.265 e. The Morgan fingerprint density at radius 2 is 2.05 bits per heavy atom. The van der Waals surface area contributed by atoms with Crippen LogP contribution in [0.3, 0.4) is 0 Å². The topological polar surface area (TPSA) is 45.8 Å². The SMILES string of the molecule is O=c1[nH]c(C2CCCCS2)nc(-c2ccccc2)c1I. The number of aromatic nitrogens is 2. The summed E-state index contributed by atoms with van der Waals surface area (Å²) in [7, 11) is 0. The molecule has 3 rings (SSSR count). The zero-order chi connectivity index (χ0) is 13.9. The van der Waals surface area contributed by atoms with E-state index in [1.807, 2.05) is 42.1 Å². The summed E-state index contributed by atoms with van der Waals surface area (Å²) < 4.78 is 0.665. The van der Waals surface area contributed by atoms with E-state index in [-0.39, 0.29) is 5.56 Å². The fourth-order valence-electron chi connectivity index (χ4n) is 2.37. The first-order valence-electron chi connectivity index (χ1n) is 6.72. The highest BCUT2D eigenvalue weighted by molar-refractivity contribution is 14.1. The molecule has 0 aliphatic carbocycles. The molecule has 1 atom stereocenters. The summed E-state index contributed by atoms with van der Waals surface area (Å²) in [6, 6.07) is 9.93. The fraction of sp³-hybridized carbons (Fsp3) is 0.333. The van der Waals surface area contributed by atoms with Crippen LogP contribution in [0.5, 0.6) is 0 Å². The van der Waals surface area contributed by atoms with E-state index in [1.54, 1.807) is 0 Å². The third kappa shape index (κ3) is 2.93. The van der Waals surface area contributed by atoms with Gasteiger partial charge >= 0.3 is 0 Å². The van der Waals surface area contributed by atoms with E-state index in [2.05, 4.69) is 27.6 Å². The molecule has 0 amide bonds. The maximum atomic E-state index is 12.2. The number of thioether (sulfide) groups is 1. The molecule has 0 radical (unpaired) electrons. The number of rotatable bonds is 2. The molecule has 2 aromatic rings. The van der Waals surface area contributed by atoms with Crippen molar-refractivity contribution in [2.45, 2.75) is 24.5 Å². The molecule has 1 aliphatic rings. The Bertz CT molecular complexity index is 651. The van der Waals surface area contributed by atoms with Crippen molar-refractivity contribution in [3.63, 3.8) is 0 Å². The monoisotopic (exact) mass is 398 g/mol. The van der Waals surface area contributed by atoms with E-state index < -0.39 is 0 Å². The standard InChI is InChI=1S/C15H15IN2OS/c16-12-13(10-6-2-1-3-7-10)17-14(18-15(12)19)11-8-4-5-9-20-11/h1-3,6-7,11H,4-5,8-9H2,(H,17,18,19). The van der Waals surface area contributed by atoms with Gasteiger partial charge in [0.25, 0.3) is 5.56 Å². The Kier molecular flexibility index (Phi) is 4.45. The number of benzene rings is 1. The van der Waals surface area contributed by atoms with Crippen LogP contribution in [0.1, 0.15) is 30.3 Å². The second-order valence-electron chi connectivity index (χ2n) is 4.83. The van der Waals surface area contributed by atoms with Gasteiger partial charge in [0.15, 0.2) is 0 Å². The summed E-state index contributed by atoms with van der Waals surface area (Å²) in [5.41, 5.74) is 1.78. The Morgan fingerprint density at radius 1 is 1.25 bits per heavy atom. The zero-order valence-corrected chi connectivity index (χ0v) is 13.9. The first-order valence-corrected chi connectivity index (χ1v) is 8.85. The van der Waals surface area contributed by atoms with Crippen molar-refractivity contribution < 1.29 is 0 Å². The fourth-order valence-corrected chi connectivity index (χ4v) is 4.20. The van der Waals surface area contributed by atoms with Crippen molar-refractivity contribution in [1.82, 2.24) is 9.97 Å². The smallest absolute Gasteiger partial charge is 0.265 e. The average molecular weight is 398 g/mol. The summed E-state index contributed by atoms with van der Waals surface area (Å²) in [4.78, 5) is 19.9. The van der Waals surface area contributed by atoms with Crippen LogP contribution >= 0.6 is 34.4 Å². The van der Waals surface area contributed by atoms with Crippen molar-refractivity contribution in [2.75, 3.05) is 5.75 Å². The van der Waals surface area contributed by atoms with Gasteiger partial charge in [-0.05, 0) is 41.2 Å². The predicted molar refractivity (Wildman–Crippen MR) is 92.1 cm³/mol. The number of hydrogen-bond acceptors (Lipinski definition) is 3. The molecule has 3 nitrogen and oxygen atoms in total. The van der Waals surface area contributed by atoms with Gasteiger partial charge in [-0.15, -0.1) is 0 Å². The van der Waals surface area contributed by atoms with Crippen LogP contribution in [0.25, 0.3) is 11.3 Å². The van der Waals surface area contributed by atoms with Crippen molar-refractivity contribution >= 4 is 34.4 Å². The molecule has 5 heteroatoms. The van der Waals surface area contributed by atoms with Gasteiger partial charge in [-0.25, -0.2) is 4.98 Å². The second-order valence-corrected chi connectivity index (χ2v) is 7.22. The van der Waals surface area contributed by atoms with E-state index in [4.69, 9.17) is 4.98 Å². The van der Waals surface area contributed by atoms with Crippen LogP contribution in [0.15, 0.2) is 35.1 Å². The largest absolute Gasteiger partial charge is 0.309 e. The normalized spacial score (nSPS) is 18.9. The van der Waals surface area contributed by atoms with E-state index >= 15 is 0 Å².